The molecule has 1 saturated heterocycles. The van der Waals surface area contributed by atoms with Gasteiger partial charge in [-0.3, -0.25) is 0 Å². The number of nitrogens with zero attached hydrogens (tertiary/aromatic N) is 1. The first-order valence-corrected chi connectivity index (χ1v) is 7.19. The Morgan fingerprint density at radius 2 is 2.10 bits per heavy atom. The van der Waals surface area contributed by atoms with Crippen molar-refractivity contribution in [2.45, 2.75) is 57.3 Å². The summed E-state index contributed by atoms with van der Waals surface area (Å²) in [5.74, 6) is -2.80. The lowest BCUT2D eigenvalue weighted by Gasteiger charge is -2.40. The largest absolute Gasteiger partial charge is 0.409 e. The topological polar surface area (TPSA) is 79.9 Å². The molecule has 1 aliphatic heterocycles. The maximum Gasteiger partial charge on any atom is 0.400 e. The van der Waals surface area contributed by atoms with Gasteiger partial charge in [0.15, 0.2) is 5.84 Å². The fourth-order valence-corrected chi connectivity index (χ4v) is 2.69. The number of rotatable bonds is 6. The van der Waals surface area contributed by atoms with Crippen LogP contribution in [0.3, 0.4) is 0 Å². The third-order valence-electron chi connectivity index (χ3n) is 4.26. The Kier molecular flexibility index (Phi) is 6.27. The number of hydrogen-bond acceptors (Lipinski definition) is 4. The Labute approximate surface area is 122 Å². The van der Waals surface area contributed by atoms with Crippen LogP contribution >= 0.6 is 0 Å². The molecule has 0 aromatic carbocycles. The summed E-state index contributed by atoms with van der Waals surface area (Å²) in [4.78, 5) is 0. The molecular formula is C13H24F3N3O2. The summed E-state index contributed by atoms with van der Waals surface area (Å²) in [7, 11) is 0. The van der Waals surface area contributed by atoms with Crippen LogP contribution in [0.5, 0.6) is 0 Å². The number of nitrogens with two attached hydrogens (primary N) is 1. The molecule has 0 aromatic heterocycles. The van der Waals surface area contributed by atoms with Gasteiger partial charge >= 0.3 is 6.18 Å². The zero-order valence-corrected chi connectivity index (χ0v) is 12.4. The Morgan fingerprint density at radius 3 is 2.57 bits per heavy atom. The highest BCUT2D eigenvalue weighted by molar-refractivity contribution is 5.83. The second-order valence-corrected chi connectivity index (χ2v) is 5.46. The summed E-state index contributed by atoms with van der Waals surface area (Å²) in [6, 6.07) is -0.0602. The Bertz CT molecular complexity index is 357. The van der Waals surface area contributed by atoms with Gasteiger partial charge in [-0.25, -0.2) is 0 Å². The molecule has 1 fully saturated rings. The summed E-state index contributed by atoms with van der Waals surface area (Å²) < 4.78 is 44.4. The number of alkyl halides is 3. The number of halogens is 3. The summed E-state index contributed by atoms with van der Waals surface area (Å²) in [6.45, 7) is 4.16. The van der Waals surface area contributed by atoms with E-state index in [4.69, 9.17) is 15.7 Å². The summed E-state index contributed by atoms with van der Waals surface area (Å²) in [5, 5.41) is 13.9. The Hall–Kier alpha value is -1.02. The maximum absolute atomic E-state index is 12.9. The third-order valence-corrected chi connectivity index (χ3v) is 4.26. The first kappa shape index (κ1) is 18.0. The Balaban J connectivity index is 2.64. The summed E-state index contributed by atoms with van der Waals surface area (Å²) >= 11 is 0. The molecular weight excluding hydrogens is 287 g/mol. The molecule has 1 rings (SSSR count). The molecule has 4 N–H and O–H groups in total. The van der Waals surface area contributed by atoms with Gasteiger partial charge in [0.05, 0.1) is 5.60 Å². The van der Waals surface area contributed by atoms with Crippen LogP contribution in [-0.2, 0) is 4.74 Å². The molecule has 21 heavy (non-hydrogen) atoms. The molecule has 2 atom stereocenters. The van der Waals surface area contributed by atoms with Crippen molar-refractivity contribution in [3.05, 3.63) is 0 Å². The molecule has 1 heterocycles. The van der Waals surface area contributed by atoms with Crippen molar-refractivity contribution in [3.63, 3.8) is 0 Å². The van der Waals surface area contributed by atoms with Gasteiger partial charge in [-0.1, -0.05) is 19.0 Å². The van der Waals surface area contributed by atoms with Crippen molar-refractivity contribution >= 4 is 5.84 Å². The number of amidine groups is 1. The molecule has 0 radical (unpaired) electrons. The van der Waals surface area contributed by atoms with Gasteiger partial charge in [-0.2, -0.15) is 13.2 Å². The fourth-order valence-electron chi connectivity index (χ4n) is 2.69. The highest BCUT2D eigenvalue weighted by atomic mass is 19.4. The van der Waals surface area contributed by atoms with E-state index in [0.29, 0.717) is 19.4 Å². The van der Waals surface area contributed by atoms with Crippen molar-refractivity contribution in [1.29, 1.82) is 0 Å². The monoisotopic (exact) mass is 311 g/mol. The van der Waals surface area contributed by atoms with Gasteiger partial charge in [0, 0.05) is 19.2 Å². The van der Waals surface area contributed by atoms with Crippen molar-refractivity contribution in [2.24, 2.45) is 16.8 Å². The molecule has 2 unspecified atom stereocenters. The van der Waals surface area contributed by atoms with E-state index < -0.39 is 24.5 Å². The zero-order chi connectivity index (χ0) is 16.1. The van der Waals surface area contributed by atoms with Crippen LogP contribution in [-0.4, -0.2) is 42.0 Å². The van der Waals surface area contributed by atoms with E-state index >= 15 is 0 Å². The average molecular weight is 311 g/mol. The van der Waals surface area contributed by atoms with E-state index in [1.165, 1.54) is 0 Å². The minimum atomic E-state index is -4.54. The second kappa shape index (κ2) is 7.31. The lowest BCUT2D eigenvalue weighted by atomic mass is 9.85. The predicted octanol–water partition coefficient (Wildman–Crippen LogP) is 2.24. The van der Waals surface area contributed by atoms with Gasteiger partial charge in [0.2, 0.25) is 0 Å². The minimum absolute atomic E-state index is 0.0602. The minimum Gasteiger partial charge on any atom is -0.409 e. The van der Waals surface area contributed by atoms with Crippen LogP contribution in [0.2, 0.25) is 0 Å². The van der Waals surface area contributed by atoms with Gasteiger partial charge < -0.3 is 21.0 Å². The smallest absolute Gasteiger partial charge is 0.400 e. The molecule has 0 bridgehead atoms. The lowest BCUT2D eigenvalue weighted by Crippen LogP contribution is -2.50. The standard InChI is InChI=1S/C13H24F3N3O2/c1-3-12(4-2)7-9(5-6-21-12)18-8-10(11(17)19-20)13(14,15)16/h9-10,18,20H,3-8H2,1-2H3,(H2,17,19). The number of nitrogens with one attached hydrogen (secondary N) is 1. The van der Waals surface area contributed by atoms with Gasteiger partial charge in [-0.15, -0.1) is 0 Å². The van der Waals surface area contributed by atoms with Crippen LogP contribution in [0.15, 0.2) is 5.16 Å². The van der Waals surface area contributed by atoms with Crippen LogP contribution in [0.4, 0.5) is 13.2 Å². The van der Waals surface area contributed by atoms with E-state index in [1.807, 2.05) is 13.8 Å². The van der Waals surface area contributed by atoms with Crippen molar-refractivity contribution in [3.8, 4) is 0 Å². The fraction of sp³-hybridized carbons (Fsp3) is 0.923. The highest BCUT2D eigenvalue weighted by Crippen LogP contribution is 2.32. The van der Waals surface area contributed by atoms with E-state index in [9.17, 15) is 13.2 Å². The maximum atomic E-state index is 12.9. The van der Waals surface area contributed by atoms with Crippen molar-refractivity contribution in [1.82, 2.24) is 5.32 Å². The molecule has 0 spiro atoms. The van der Waals surface area contributed by atoms with E-state index in [0.717, 1.165) is 12.8 Å². The normalized spacial score (nSPS) is 24.8. The van der Waals surface area contributed by atoms with Crippen LogP contribution in [0.1, 0.15) is 39.5 Å². The van der Waals surface area contributed by atoms with E-state index in [-0.39, 0.29) is 11.6 Å². The molecule has 8 heteroatoms. The van der Waals surface area contributed by atoms with Gasteiger partial charge in [0.1, 0.15) is 5.92 Å². The first-order chi connectivity index (χ1) is 9.78. The lowest BCUT2D eigenvalue weighted by molar-refractivity contribution is -0.156. The number of ether oxygens (including phenoxy) is 1. The van der Waals surface area contributed by atoms with Crippen LogP contribution < -0.4 is 11.1 Å². The molecule has 5 nitrogen and oxygen atoms in total. The SMILES string of the molecule is CCC1(CC)CC(NCC(C(N)=NO)C(F)(F)F)CCO1. The molecule has 0 aromatic rings. The number of hydrogen-bond donors (Lipinski definition) is 3. The van der Waals surface area contributed by atoms with Gasteiger partial charge in [-0.05, 0) is 25.7 Å². The summed E-state index contributed by atoms with van der Waals surface area (Å²) in [5.41, 5.74) is 4.88. The third kappa shape index (κ3) is 4.74. The van der Waals surface area contributed by atoms with E-state index in [1.54, 1.807) is 0 Å². The Morgan fingerprint density at radius 1 is 1.48 bits per heavy atom. The zero-order valence-electron chi connectivity index (χ0n) is 12.4. The van der Waals surface area contributed by atoms with E-state index in [2.05, 4.69) is 10.5 Å². The van der Waals surface area contributed by atoms with Crippen molar-refractivity contribution in [2.75, 3.05) is 13.2 Å². The number of oxime groups is 1. The van der Waals surface area contributed by atoms with Crippen molar-refractivity contribution < 1.29 is 23.1 Å². The van der Waals surface area contributed by atoms with Crippen LogP contribution in [0, 0.1) is 5.92 Å². The molecule has 124 valence electrons. The highest BCUT2D eigenvalue weighted by Gasteiger charge is 2.43. The quantitative estimate of drug-likeness (QED) is 0.304. The van der Waals surface area contributed by atoms with Gasteiger partial charge in [0.25, 0.3) is 0 Å². The average Bonchev–Trinajstić information content (AvgIpc) is 2.45. The molecule has 0 aliphatic carbocycles. The predicted molar refractivity (Wildman–Crippen MR) is 73.2 cm³/mol. The second-order valence-electron chi connectivity index (χ2n) is 5.46. The first-order valence-electron chi connectivity index (χ1n) is 7.19. The molecule has 0 saturated carbocycles. The molecule has 1 aliphatic rings. The molecule has 0 amide bonds. The van der Waals surface area contributed by atoms with Crippen LogP contribution in [0.25, 0.3) is 0 Å². The summed E-state index contributed by atoms with van der Waals surface area (Å²) in [6.07, 6.45) is -1.57.